The van der Waals surface area contributed by atoms with Crippen molar-refractivity contribution in [1.82, 2.24) is 0 Å². The summed E-state index contributed by atoms with van der Waals surface area (Å²) >= 11 is 0. The first-order chi connectivity index (χ1) is 9.40. The van der Waals surface area contributed by atoms with E-state index in [1.165, 1.54) is 5.56 Å². The molecule has 0 nitrogen and oxygen atoms in total. The van der Waals surface area contributed by atoms with E-state index in [1.807, 2.05) is 26.0 Å². The minimum atomic E-state index is -1.27. The highest BCUT2D eigenvalue weighted by Gasteiger charge is 2.40. The van der Waals surface area contributed by atoms with Crippen LogP contribution in [0.2, 0.25) is 0 Å². The maximum absolute atomic E-state index is 13.9. The van der Waals surface area contributed by atoms with Gasteiger partial charge in [0.1, 0.15) is 5.67 Å². The van der Waals surface area contributed by atoms with Crippen molar-refractivity contribution in [3.63, 3.8) is 0 Å². The second-order valence-corrected chi connectivity index (χ2v) is 7.55. The number of rotatable bonds is 4. The summed E-state index contributed by atoms with van der Waals surface area (Å²) in [6, 6.07) is 8.02. The molecule has 0 radical (unpaired) electrons. The van der Waals surface area contributed by atoms with Crippen LogP contribution in [0.1, 0.15) is 80.4 Å². The van der Waals surface area contributed by atoms with Crippen LogP contribution in [-0.4, -0.2) is 0 Å². The molecule has 1 aromatic carbocycles. The predicted molar refractivity (Wildman–Crippen MR) is 93.6 cm³/mol. The van der Waals surface area contributed by atoms with Crippen LogP contribution in [0.3, 0.4) is 0 Å². The summed E-state index contributed by atoms with van der Waals surface area (Å²) in [7, 11) is 0. The second-order valence-electron chi connectivity index (χ2n) is 7.55. The van der Waals surface area contributed by atoms with Gasteiger partial charge < -0.3 is 0 Å². The summed E-state index contributed by atoms with van der Waals surface area (Å²) in [5, 5.41) is 0. The fourth-order valence-corrected chi connectivity index (χ4v) is 2.38. The van der Waals surface area contributed by atoms with Gasteiger partial charge in [-0.1, -0.05) is 79.7 Å². The Kier molecular flexibility index (Phi) is 6.66. The average molecular weight is 294 g/mol. The Balaban J connectivity index is 0.00000191. The van der Waals surface area contributed by atoms with Gasteiger partial charge in [-0.05, 0) is 41.7 Å². The van der Waals surface area contributed by atoms with Crippen LogP contribution < -0.4 is 0 Å². The van der Waals surface area contributed by atoms with Crippen molar-refractivity contribution in [3.05, 3.63) is 35.4 Å². The van der Waals surface area contributed by atoms with Gasteiger partial charge in [-0.15, -0.1) is 0 Å². The molecule has 1 rings (SSSR count). The Bertz CT molecular complexity index is 416. The summed E-state index contributed by atoms with van der Waals surface area (Å²) in [5.74, 6) is 0.583. The van der Waals surface area contributed by atoms with E-state index in [-0.39, 0.29) is 10.8 Å². The average Bonchev–Trinajstić information content (AvgIpc) is 2.39. The summed E-state index contributed by atoms with van der Waals surface area (Å²) in [6.45, 7) is 20.9. The number of hydrogen-bond acceptors (Lipinski definition) is 0. The minimum absolute atomic E-state index is 0.0557. The van der Waals surface area contributed by atoms with Gasteiger partial charge in [-0.2, -0.15) is 0 Å². The van der Waals surface area contributed by atoms with Gasteiger partial charge in [0.2, 0.25) is 0 Å². The van der Waals surface area contributed by atoms with E-state index in [0.29, 0.717) is 5.92 Å². The van der Waals surface area contributed by atoms with Crippen molar-refractivity contribution >= 4 is 0 Å². The van der Waals surface area contributed by atoms with Crippen molar-refractivity contribution in [3.8, 4) is 0 Å². The lowest BCUT2D eigenvalue weighted by Gasteiger charge is -2.45. The molecule has 0 aromatic heterocycles. The van der Waals surface area contributed by atoms with Gasteiger partial charge in [0.05, 0.1) is 0 Å². The lowest BCUT2D eigenvalue weighted by atomic mass is 9.59. The number of alkyl halides is 1. The number of halogens is 1. The number of hydrogen-bond donors (Lipinski definition) is 0. The van der Waals surface area contributed by atoms with Crippen molar-refractivity contribution in [2.45, 2.75) is 80.3 Å². The molecule has 0 N–H and O–H groups in total. The van der Waals surface area contributed by atoms with E-state index >= 15 is 0 Å². The molecule has 0 unspecified atom stereocenters. The van der Waals surface area contributed by atoms with Gasteiger partial charge in [-0.3, -0.25) is 0 Å². The topological polar surface area (TPSA) is 0 Å². The molecule has 0 spiro atoms. The molecule has 1 heteroatoms. The fraction of sp³-hybridized carbons (Fsp3) is 0.700. The van der Waals surface area contributed by atoms with E-state index in [0.717, 1.165) is 5.56 Å². The molecule has 0 saturated carbocycles. The van der Waals surface area contributed by atoms with Gasteiger partial charge in [0.15, 0.2) is 0 Å². The molecule has 0 amide bonds. The van der Waals surface area contributed by atoms with E-state index in [2.05, 4.69) is 53.7 Å². The minimum Gasteiger partial charge on any atom is -0.239 e. The molecule has 1 aromatic rings. The largest absolute Gasteiger partial charge is 0.239 e. The third kappa shape index (κ3) is 4.31. The van der Waals surface area contributed by atoms with Crippen molar-refractivity contribution in [1.29, 1.82) is 0 Å². The molecule has 0 aliphatic rings. The van der Waals surface area contributed by atoms with Crippen molar-refractivity contribution in [2.24, 2.45) is 11.3 Å². The molecule has 0 fully saturated rings. The SMILES string of the molecule is CC.CC(C)C(C)(C)C(C)(C)c1ccc(C(C)(C)F)cc1. The van der Waals surface area contributed by atoms with Gasteiger partial charge >= 0.3 is 0 Å². The third-order valence-corrected chi connectivity index (χ3v) is 5.35. The third-order valence-electron chi connectivity index (χ3n) is 5.35. The van der Waals surface area contributed by atoms with E-state index in [4.69, 9.17) is 0 Å². The zero-order valence-electron chi connectivity index (χ0n) is 15.8. The maximum atomic E-state index is 13.9. The van der Waals surface area contributed by atoms with E-state index < -0.39 is 5.67 Å². The van der Waals surface area contributed by atoms with Crippen molar-refractivity contribution in [2.75, 3.05) is 0 Å². The quantitative estimate of drug-likeness (QED) is 0.568. The smallest absolute Gasteiger partial charge is 0.130 e. The Morgan fingerprint density at radius 2 is 1.10 bits per heavy atom. The molecule has 0 saturated heterocycles. The first-order valence-electron chi connectivity index (χ1n) is 8.20. The van der Waals surface area contributed by atoms with E-state index in [1.54, 1.807) is 13.8 Å². The summed E-state index contributed by atoms with van der Waals surface area (Å²) in [4.78, 5) is 0. The van der Waals surface area contributed by atoms with Crippen molar-refractivity contribution < 1.29 is 4.39 Å². The van der Waals surface area contributed by atoms with Crippen LogP contribution in [0, 0.1) is 11.3 Å². The fourth-order valence-electron chi connectivity index (χ4n) is 2.38. The standard InChI is InChI=1S/C18H29F.C2H6/c1-13(2)16(3,4)17(5,6)14-9-11-15(12-10-14)18(7,8)19;1-2/h9-13H,1-8H3;1-2H3. The Morgan fingerprint density at radius 3 is 1.38 bits per heavy atom. The van der Waals surface area contributed by atoms with Gasteiger partial charge in [-0.25, -0.2) is 4.39 Å². The van der Waals surface area contributed by atoms with Crippen LogP contribution in [0.4, 0.5) is 4.39 Å². The van der Waals surface area contributed by atoms with Crippen LogP contribution in [0.5, 0.6) is 0 Å². The molecular formula is C20H35F. The van der Waals surface area contributed by atoms with Crippen LogP contribution in [-0.2, 0) is 11.1 Å². The lowest BCUT2D eigenvalue weighted by molar-refractivity contribution is 0.125. The van der Waals surface area contributed by atoms with Crippen LogP contribution >= 0.6 is 0 Å². The Labute approximate surface area is 132 Å². The van der Waals surface area contributed by atoms with Gasteiger partial charge in [0.25, 0.3) is 0 Å². The highest BCUT2D eigenvalue weighted by atomic mass is 19.1. The van der Waals surface area contributed by atoms with E-state index in [9.17, 15) is 4.39 Å². The molecular weight excluding hydrogens is 259 g/mol. The molecule has 0 aliphatic carbocycles. The molecule has 0 bridgehead atoms. The highest BCUT2D eigenvalue weighted by molar-refractivity contribution is 5.32. The highest BCUT2D eigenvalue weighted by Crippen LogP contribution is 2.46. The molecule has 0 atom stereocenters. The summed E-state index contributed by atoms with van der Waals surface area (Å²) < 4.78 is 13.9. The maximum Gasteiger partial charge on any atom is 0.130 e. The summed E-state index contributed by atoms with van der Waals surface area (Å²) in [5.41, 5.74) is 0.990. The Hall–Kier alpha value is -0.850. The summed E-state index contributed by atoms with van der Waals surface area (Å²) in [6.07, 6.45) is 0. The Morgan fingerprint density at radius 1 is 0.762 bits per heavy atom. The molecule has 122 valence electrons. The monoisotopic (exact) mass is 294 g/mol. The zero-order valence-corrected chi connectivity index (χ0v) is 15.8. The normalized spacial score (nSPS) is 13.0. The predicted octanol–water partition coefficient (Wildman–Crippen LogP) is 6.88. The molecule has 21 heavy (non-hydrogen) atoms. The second kappa shape index (κ2) is 6.94. The molecule has 0 heterocycles. The lowest BCUT2D eigenvalue weighted by Crippen LogP contribution is -2.40. The number of benzene rings is 1. The van der Waals surface area contributed by atoms with Crippen LogP contribution in [0.25, 0.3) is 0 Å². The first-order valence-corrected chi connectivity index (χ1v) is 8.20. The molecule has 0 aliphatic heterocycles. The van der Waals surface area contributed by atoms with Gasteiger partial charge in [0, 0.05) is 0 Å². The first kappa shape index (κ1) is 20.1. The van der Waals surface area contributed by atoms with Crippen LogP contribution in [0.15, 0.2) is 24.3 Å². The zero-order chi connectivity index (χ0) is 17.1.